The highest BCUT2D eigenvalue weighted by Gasteiger charge is 2.27. The smallest absolute Gasteiger partial charge is 0.260 e. The molecule has 0 aliphatic rings. The molecule has 0 fully saturated rings. The monoisotopic (exact) mass is 289 g/mol. The van der Waals surface area contributed by atoms with Gasteiger partial charge in [-0.3, -0.25) is 0 Å². The fourth-order valence-electron chi connectivity index (χ4n) is 1.48. The number of oxime groups is 1. The molecule has 0 aliphatic carbocycles. The summed E-state index contributed by atoms with van der Waals surface area (Å²) in [6, 6.07) is -0.794. The van der Waals surface area contributed by atoms with E-state index >= 15 is 0 Å². The van der Waals surface area contributed by atoms with Crippen LogP contribution in [0.1, 0.15) is 19.7 Å². The van der Waals surface area contributed by atoms with Gasteiger partial charge in [0, 0.05) is 13.2 Å². The lowest BCUT2D eigenvalue weighted by atomic mass is 10.1. The zero-order valence-corrected chi connectivity index (χ0v) is 12.1. The van der Waals surface area contributed by atoms with E-state index < -0.39 is 16.1 Å². The molecule has 0 aliphatic heterocycles. The summed E-state index contributed by atoms with van der Waals surface area (Å²) in [6.07, 6.45) is 1.40. The van der Waals surface area contributed by atoms with Crippen LogP contribution in [0.25, 0.3) is 0 Å². The highest BCUT2D eigenvalue weighted by atomic mass is 32.2. The van der Waals surface area contributed by atoms with Gasteiger partial charge in [0.25, 0.3) is 10.0 Å². The Labute approximate surface area is 112 Å². The summed E-state index contributed by atoms with van der Waals surface area (Å²) in [5.74, 6) is 0.215. The Hall–Kier alpha value is -1.61. The molecule has 1 rings (SSSR count). The minimum Gasteiger partial charge on any atom is -0.409 e. The SMILES string of the molecule is Cc1nc(S(=O)(=O)NC(C(N)=NO)C(C)C)cn1C. The number of imidazole rings is 1. The van der Waals surface area contributed by atoms with E-state index in [1.807, 2.05) is 0 Å². The van der Waals surface area contributed by atoms with Gasteiger partial charge in [0.1, 0.15) is 5.82 Å². The average Bonchev–Trinajstić information content (AvgIpc) is 2.66. The summed E-state index contributed by atoms with van der Waals surface area (Å²) in [5.41, 5.74) is 5.49. The first-order chi connectivity index (χ1) is 8.69. The molecule has 0 spiro atoms. The van der Waals surface area contributed by atoms with Crippen molar-refractivity contribution in [2.24, 2.45) is 23.9 Å². The Balaban J connectivity index is 3.07. The van der Waals surface area contributed by atoms with Crippen LogP contribution >= 0.6 is 0 Å². The van der Waals surface area contributed by atoms with Gasteiger partial charge >= 0.3 is 0 Å². The van der Waals surface area contributed by atoms with Crippen LogP contribution in [0.3, 0.4) is 0 Å². The van der Waals surface area contributed by atoms with Gasteiger partial charge in [0.05, 0.1) is 6.04 Å². The third-order valence-electron chi connectivity index (χ3n) is 2.74. The summed E-state index contributed by atoms with van der Waals surface area (Å²) in [5, 5.41) is 11.4. The number of sulfonamides is 1. The zero-order valence-electron chi connectivity index (χ0n) is 11.3. The van der Waals surface area contributed by atoms with Gasteiger partial charge in [-0.05, 0) is 12.8 Å². The van der Waals surface area contributed by atoms with Crippen molar-refractivity contribution in [2.45, 2.75) is 31.8 Å². The Morgan fingerprint density at radius 2 is 2.16 bits per heavy atom. The van der Waals surface area contributed by atoms with Crippen LogP contribution in [0.15, 0.2) is 16.4 Å². The van der Waals surface area contributed by atoms with Gasteiger partial charge in [-0.1, -0.05) is 19.0 Å². The summed E-state index contributed by atoms with van der Waals surface area (Å²) in [7, 11) is -2.12. The molecular weight excluding hydrogens is 270 g/mol. The molecule has 0 saturated heterocycles. The average molecular weight is 289 g/mol. The summed E-state index contributed by atoms with van der Waals surface area (Å²) >= 11 is 0. The first kappa shape index (κ1) is 15.4. The van der Waals surface area contributed by atoms with Gasteiger partial charge in [-0.15, -0.1) is 0 Å². The van der Waals surface area contributed by atoms with Crippen LogP contribution in [-0.2, 0) is 17.1 Å². The van der Waals surface area contributed by atoms with E-state index in [1.165, 1.54) is 6.20 Å². The van der Waals surface area contributed by atoms with Gasteiger partial charge < -0.3 is 15.5 Å². The Morgan fingerprint density at radius 3 is 2.53 bits per heavy atom. The molecule has 9 heteroatoms. The van der Waals surface area contributed by atoms with Crippen molar-refractivity contribution in [3.8, 4) is 0 Å². The highest BCUT2D eigenvalue weighted by molar-refractivity contribution is 7.89. The number of aryl methyl sites for hydroxylation is 2. The second-order valence-corrected chi connectivity index (χ2v) is 6.27. The van der Waals surface area contributed by atoms with Crippen molar-refractivity contribution >= 4 is 15.9 Å². The van der Waals surface area contributed by atoms with Crippen LogP contribution in [0, 0.1) is 12.8 Å². The van der Waals surface area contributed by atoms with Crippen molar-refractivity contribution in [2.75, 3.05) is 0 Å². The number of amidine groups is 1. The third kappa shape index (κ3) is 3.44. The summed E-state index contributed by atoms with van der Waals surface area (Å²) < 4.78 is 28.3. The van der Waals surface area contributed by atoms with E-state index in [9.17, 15) is 8.42 Å². The van der Waals surface area contributed by atoms with Gasteiger partial charge in [0.2, 0.25) is 0 Å². The van der Waals surface area contributed by atoms with Crippen molar-refractivity contribution in [1.29, 1.82) is 0 Å². The molecule has 1 heterocycles. The van der Waals surface area contributed by atoms with Crippen molar-refractivity contribution in [3.05, 3.63) is 12.0 Å². The number of nitrogens with one attached hydrogen (secondary N) is 1. The molecule has 0 amide bonds. The number of rotatable bonds is 5. The Kier molecular flexibility index (Phi) is 4.53. The number of hydrogen-bond donors (Lipinski definition) is 3. The molecule has 0 bridgehead atoms. The van der Waals surface area contributed by atoms with Gasteiger partial charge in [-0.25, -0.2) is 13.4 Å². The predicted molar refractivity (Wildman–Crippen MR) is 70.3 cm³/mol. The molecule has 0 aromatic carbocycles. The fraction of sp³-hybridized carbons (Fsp3) is 0.600. The second kappa shape index (κ2) is 5.57. The van der Waals surface area contributed by atoms with Crippen molar-refractivity contribution in [3.63, 3.8) is 0 Å². The second-order valence-electron chi connectivity index (χ2n) is 4.61. The molecule has 1 aromatic rings. The molecule has 4 N–H and O–H groups in total. The number of nitrogens with zero attached hydrogens (tertiary/aromatic N) is 3. The fourth-order valence-corrected chi connectivity index (χ4v) is 2.88. The summed E-state index contributed by atoms with van der Waals surface area (Å²) in [4.78, 5) is 3.95. The normalized spacial score (nSPS) is 14.9. The zero-order chi connectivity index (χ0) is 14.8. The molecule has 0 saturated carbocycles. The number of hydrogen-bond acceptors (Lipinski definition) is 5. The lowest BCUT2D eigenvalue weighted by molar-refractivity contribution is 0.313. The maximum atomic E-state index is 12.2. The molecule has 1 unspecified atom stereocenters. The lowest BCUT2D eigenvalue weighted by Crippen LogP contribution is -2.47. The van der Waals surface area contributed by atoms with Crippen LogP contribution in [0.4, 0.5) is 0 Å². The Bertz CT molecular complexity index is 556. The maximum absolute atomic E-state index is 12.2. The van der Waals surface area contributed by atoms with Crippen molar-refractivity contribution < 1.29 is 13.6 Å². The number of nitrogens with two attached hydrogens (primary N) is 1. The molecule has 1 aromatic heterocycles. The standard InChI is InChI=1S/C10H19N5O3S/c1-6(2)9(10(11)13-16)14-19(17,18)8-5-15(4)7(3)12-8/h5-6,9,14,16H,1-4H3,(H2,11,13). The molecule has 19 heavy (non-hydrogen) atoms. The van der Waals surface area contributed by atoms with Crippen LogP contribution < -0.4 is 10.5 Å². The van der Waals surface area contributed by atoms with E-state index in [0.29, 0.717) is 5.82 Å². The van der Waals surface area contributed by atoms with E-state index in [0.717, 1.165) is 0 Å². The molecule has 1 atom stereocenters. The molecular formula is C10H19N5O3S. The van der Waals surface area contributed by atoms with E-state index in [2.05, 4.69) is 14.9 Å². The van der Waals surface area contributed by atoms with Gasteiger partial charge in [0.15, 0.2) is 10.9 Å². The summed E-state index contributed by atoms with van der Waals surface area (Å²) in [6.45, 7) is 5.21. The molecule has 108 valence electrons. The predicted octanol–water partition coefficient (Wildman–Crippen LogP) is -0.222. The van der Waals surface area contributed by atoms with Crippen LogP contribution in [0.2, 0.25) is 0 Å². The van der Waals surface area contributed by atoms with Gasteiger partial charge in [-0.2, -0.15) is 4.72 Å². The lowest BCUT2D eigenvalue weighted by Gasteiger charge is -2.19. The largest absolute Gasteiger partial charge is 0.409 e. The Morgan fingerprint density at radius 1 is 1.58 bits per heavy atom. The van der Waals surface area contributed by atoms with E-state index in [-0.39, 0.29) is 16.8 Å². The minimum atomic E-state index is -3.82. The van der Waals surface area contributed by atoms with E-state index in [4.69, 9.17) is 10.9 Å². The first-order valence-corrected chi connectivity index (χ1v) is 7.17. The van der Waals surface area contributed by atoms with Crippen LogP contribution in [0.5, 0.6) is 0 Å². The highest BCUT2D eigenvalue weighted by Crippen LogP contribution is 2.11. The third-order valence-corrected chi connectivity index (χ3v) is 4.06. The maximum Gasteiger partial charge on any atom is 0.260 e. The molecule has 8 nitrogen and oxygen atoms in total. The van der Waals surface area contributed by atoms with Crippen LogP contribution in [-0.4, -0.2) is 35.1 Å². The quantitative estimate of drug-likeness (QED) is 0.299. The number of aromatic nitrogens is 2. The topological polar surface area (TPSA) is 123 Å². The van der Waals surface area contributed by atoms with Crippen molar-refractivity contribution in [1.82, 2.24) is 14.3 Å². The molecule has 0 radical (unpaired) electrons. The first-order valence-electron chi connectivity index (χ1n) is 5.68. The van der Waals surface area contributed by atoms with E-state index in [1.54, 1.807) is 32.4 Å². The minimum absolute atomic E-state index is 0.0936.